The summed E-state index contributed by atoms with van der Waals surface area (Å²) in [5, 5.41) is 11.6. The third kappa shape index (κ3) is 2.64. The molecule has 0 aliphatic carbocycles. The molecule has 0 aromatic rings. The summed E-state index contributed by atoms with van der Waals surface area (Å²) in [7, 11) is 1.68. The predicted octanol–water partition coefficient (Wildman–Crippen LogP) is 0.980. The highest BCUT2D eigenvalue weighted by Crippen LogP contribution is 2.17. The highest BCUT2D eigenvalue weighted by Gasteiger charge is 2.19. The molecule has 0 saturated carbocycles. The Balaban J connectivity index is 1.91. The summed E-state index contributed by atoms with van der Waals surface area (Å²) in [6.45, 7) is 8.31. The molecule has 0 amide bonds. The molecule has 1 saturated heterocycles. The number of rotatable bonds is 2. The first kappa shape index (κ1) is 11.6. The minimum atomic E-state index is -0.279. The molecule has 1 unspecified atom stereocenters. The molecule has 0 bridgehead atoms. The van der Waals surface area contributed by atoms with Crippen LogP contribution in [-0.4, -0.2) is 60.8 Å². The van der Waals surface area contributed by atoms with Gasteiger partial charge in [-0.2, -0.15) is 0 Å². The molecular weight excluding hydrogens is 202 g/mol. The van der Waals surface area contributed by atoms with Crippen LogP contribution in [0.25, 0.3) is 0 Å². The molecular formula is C12H21N3O. The van der Waals surface area contributed by atoms with Gasteiger partial charge in [0.25, 0.3) is 0 Å². The molecule has 1 atom stereocenters. The Morgan fingerprint density at radius 3 is 2.50 bits per heavy atom. The van der Waals surface area contributed by atoms with Gasteiger partial charge in [-0.05, 0) is 12.6 Å². The fourth-order valence-corrected chi connectivity index (χ4v) is 2.19. The van der Waals surface area contributed by atoms with Gasteiger partial charge in [0.15, 0.2) is 0 Å². The molecule has 0 aromatic carbocycles. The van der Waals surface area contributed by atoms with Gasteiger partial charge in [-0.1, -0.05) is 6.92 Å². The van der Waals surface area contributed by atoms with Crippen LogP contribution in [0.5, 0.6) is 0 Å². The molecule has 2 aliphatic rings. The standard InChI is InChI=1S/C12H21N3O/c1-3-13-6-8-14(9-7-13)12-4-10-15(2,16)11-5-12/h4-5,10H,3,6-9,11H2,1-2H3. The van der Waals surface area contributed by atoms with Gasteiger partial charge >= 0.3 is 0 Å². The Hall–Kier alpha value is -0.840. The monoisotopic (exact) mass is 223 g/mol. The topological polar surface area (TPSA) is 29.5 Å². The maximum atomic E-state index is 11.6. The van der Waals surface area contributed by atoms with E-state index in [1.54, 1.807) is 13.2 Å². The van der Waals surface area contributed by atoms with Crippen LogP contribution in [0.4, 0.5) is 0 Å². The van der Waals surface area contributed by atoms with Crippen LogP contribution >= 0.6 is 0 Å². The van der Waals surface area contributed by atoms with E-state index in [-0.39, 0.29) is 4.65 Å². The summed E-state index contributed by atoms with van der Waals surface area (Å²) in [5.74, 6) is 0. The van der Waals surface area contributed by atoms with E-state index in [0.29, 0.717) is 6.54 Å². The molecule has 0 spiro atoms. The third-order valence-electron chi connectivity index (χ3n) is 3.41. The van der Waals surface area contributed by atoms with E-state index in [0.717, 1.165) is 32.7 Å². The lowest BCUT2D eigenvalue weighted by atomic mass is 10.2. The number of allylic oxidation sites excluding steroid dienone is 1. The summed E-state index contributed by atoms with van der Waals surface area (Å²) in [4.78, 5) is 4.83. The Morgan fingerprint density at radius 2 is 2.00 bits per heavy atom. The van der Waals surface area contributed by atoms with Gasteiger partial charge in [0.1, 0.15) is 6.54 Å². The van der Waals surface area contributed by atoms with E-state index >= 15 is 0 Å². The van der Waals surface area contributed by atoms with Crippen LogP contribution in [0.15, 0.2) is 24.0 Å². The summed E-state index contributed by atoms with van der Waals surface area (Å²) in [6, 6.07) is 0. The largest absolute Gasteiger partial charge is 0.628 e. The second-order valence-electron chi connectivity index (χ2n) is 4.72. The number of hydroxylamine groups is 3. The van der Waals surface area contributed by atoms with Gasteiger partial charge in [-0.25, -0.2) is 0 Å². The average Bonchev–Trinajstić information content (AvgIpc) is 2.29. The summed E-state index contributed by atoms with van der Waals surface area (Å²) in [6.07, 6.45) is 5.77. The van der Waals surface area contributed by atoms with E-state index in [1.165, 1.54) is 5.70 Å². The highest BCUT2D eigenvalue weighted by atomic mass is 16.5. The van der Waals surface area contributed by atoms with E-state index < -0.39 is 0 Å². The van der Waals surface area contributed by atoms with Crippen LogP contribution in [-0.2, 0) is 0 Å². The lowest BCUT2D eigenvalue weighted by molar-refractivity contribution is -0.801. The minimum absolute atomic E-state index is 0.279. The van der Waals surface area contributed by atoms with Crippen LogP contribution in [0.2, 0.25) is 0 Å². The van der Waals surface area contributed by atoms with Crippen LogP contribution in [0.1, 0.15) is 6.92 Å². The normalized spacial score (nSPS) is 31.7. The third-order valence-corrected chi connectivity index (χ3v) is 3.41. The Bertz CT molecular complexity index is 301. The van der Waals surface area contributed by atoms with E-state index in [1.807, 2.05) is 6.08 Å². The van der Waals surface area contributed by atoms with Crippen molar-refractivity contribution < 1.29 is 4.65 Å². The number of quaternary nitrogens is 1. The molecule has 0 N–H and O–H groups in total. The fourth-order valence-electron chi connectivity index (χ4n) is 2.19. The van der Waals surface area contributed by atoms with E-state index in [4.69, 9.17) is 0 Å². The molecule has 2 aliphatic heterocycles. The van der Waals surface area contributed by atoms with E-state index in [9.17, 15) is 5.21 Å². The first-order chi connectivity index (χ1) is 7.61. The maximum Gasteiger partial charge on any atom is 0.103 e. The quantitative estimate of drug-likeness (QED) is 0.516. The van der Waals surface area contributed by atoms with E-state index in [2.05, 4.69) is 22.8 Å². The maximum absolute atomic E-state index is 11.6. The van der Waals surface area contributed by atoms with Crippen molar-refractivity contribution in [3.8, 4) is 0 Å². The Morgan fingerprint density at radius 1 is 1.31 bits per heavy atom. The van der Waals surface area contributed by atoms with Crippen molar-refractivity contribution in [2.24, 2.45) is 0 Å². The second-order valence-corrected chi connectivity index (χ2v) is 4.72. The number of nitrogens with zero attached hydrogens (tertiary/aromatic N) is 3. The van der Waals surface area contributed by atoms with Gasteiger partial charge in [0.2, 0.25) is 0 Å². The predicted molar refractivity (Wildman–Crippen MR) is 65.3 cm³/mol. The van der Waals surface area contributed by atoms with Crippen molar-refractivity contribution in [1.82, 2.24) is 9.80 Å². The van der Waals surface area contributed by atoms with Crippen LogP contribution < -0.4 is 0 Å². The average molecular weight is 223 g/mol. The van der Waals surface area contributed by atoms with Gasteiger partial charge in [0, 0.05) is 38.0 Å². The number of piperazine rings is 1. The molecule has 4 nitrogen and oxygen atoms in total. The minimum Gasteiger partial charge on any atom is -0.628 e. The molecule has 0 aromatic heterocycles. The van der Waals surface area contributed by atoms with Crippen LogP contribution in [0, 0.1) is 5.21 Å². The van der Waals surface area contributed by atoms with Crippen molar-refractivity contribution in [1.29, 1.82) is 0 Å². The first-order valence-corrected chi connectivity index (χ1v) is 6.03. The fraction of sp³-hybridized carbons (Fsp3) is 0.667. The first-order valence-electron chi connectivity index (χ1n) is 6.03. The molecule has 0 radical (unpaired) electrons. The van der Waals surface area contributed by atoms with Gasteiger partial charge in [-0.3, -0.25) is 0 Å². The zero-order valence-corrected chi connectivity index (χ0v) is 10.2. The molecule has 4 heteroatoms. The molecule has 90 valence electrons. The summed E-state index contributed by atoms with van der Waals surface area (Å²) in [5.41, 5.74) is 1.22. The summed E-state index contributed by atoms with van der Waals surface area (Å²) >= 11 is 0. The lowest BCUT2D eigenvalue weighted by Gasteiger charge is -2.40. The Kier molecular flexibility index (Phi) is 3.33. The molecule has 16 heavy (non-hydrogen) atoms. The molecule has 2 heterocycles. The number of hydrogen-bond acceptors (Lipinski definition) is 3. The van der Waals surface area contributed by atoms with Crippen LogP contribution in [0.3, 0.4) is 0 Å². The SMILES string of the molecule is CCN1CCN(C2=CC[N+](C)([O-])C=C2)CC1. The van der Waals surface area contributed by atoms with Crippen molar-refractivity contribution >= 4 is 0 Å². The van der Waals surface area contributed by atoms with Gasteiger partial charge in [-0.15, -0.1) is 0 Å². The smallest absolute Gasteiger partial charge is 0.103 e. The van der Waals surface area contributed by atoms with Crippen molar-refractivity contribution in [3.05, 3.63) is 29.3 Å². The van der Waals surface area contributed by atoms with Crippen molar-refractivity contribution in [2.45, 2.75) is 6.92 Å². The Labute approximate surface area is 97.6 Å². The summed E-state index contributed by atoms with van der Waals surface area (Å²) < 4.78 is -0.279. The molecule has 1 fully saturated rings. The zero-order chi connectivity index (χ0) is 11.6. The van der Waals surface area contributed by atoms with Crippen molar-refractivity contribution in [3.63, 3.8) is 0 Å². The molecule has 2 rings (SSSR count). The van der Waals surface area contributed by atoms with Gasteiger partial charge in [0.05, 0.1) is 13.2 Å². The number of likely N-dealkylation sites (N-methyl/N-ethyl adjacent to an activating group) is 2. The zero-order valence-electron chi connectivity index (χ0n) is 10.2. The van der Waals surface area contributed by atoms with Crippen molar-refractivity contribution in [2.75, 3.05) is 46.3 Å². The highest BCUT2D eigenvalue weighted by molar-refractivity contribution is 5.19. The second kappa shape index (κ2) is 4.57. The number of hydrogen-bond donors (Lipinski definition) is 0. The van der Waals surface area contributed by atoms with Gasteiger partial charge < -0.3 is 19.7 Å². The lowest BCUT2D eigenvalue weighted by Crippen LogP contribution is -2.46.